The highest BCUT2D eigenvalue weighted by Gasteiger charge is 2.20. The Kier molecular flexibility index (Phi) is 4.63. The molecule has 0 amide bonds. The van der Waals surface area contributed by atoms with E-state index >= 15 is 0 Å². The molecule has 20 heavy (non-hydrogen) atoms. The van der Waals surface area contributed by atoms with Crippen molar-refractivity contribution >= 4 is 11.6 Å². The average molecular weight is 294 g/mol. The zero-order chi connectivity index (χ0) is 14.7. The fraction of sp³-hybridized carbons (Fsp3) is 0.250. The van der Waals surface area contributed by atoms with Crippen molar-refractivity contribution in [3.8, 4) is 5.75 Å². The third-order valence-corrected chi connectivity index (χ3v) is 3.50. The van der Waals surface area contributed by atoms with E-state index in [4.69, 9.17) is 16.3 Å². The van der Waals surface area contributed by atoms with Gasteiger partial charge in [0.05, 0.1) is 13.2 Å². The Balaban J connectivity index is 2.52. The smallest absolute Gasteiger partial charge is 0.129 e. The van der Waals surface area contributed by atoms with E-state index in [1.165, 1.54) is 6.07 Å². The van der Waals surface area contributed by atoms with Crippen molar-refractivity contribution in [1.82, 2.24) is 5.32 Å². The minimum atomic E-state index is -0.334. The topological polar surface area (TPSA) is 21.3 Å². The predicted molar refractivity (Wildman–Crippen MR) is 80.0 cm³/mol. The second kappa shape index (κ2) is 6.25. The lowest BCUT2D eigenvalue weighted by Crippen LogP contribution is -2.19. The van der Waals surface area contributed by atoms with Crippen LogP contribution < -0.4 is 10.1 Å². The average Bonchev–Trinajstić information content (AvgIpc) is 2.43. The molecule has 0 spiro atoms. The van der Waals surface area contributed by atoms with Gasteiger partial charge in [0.1, 0.15) is 11.6 Å². The molecule has 0 aromatic heterocycles. The van der Waals surface area contributed by atoms with Gasteiger partial charge in [0, 0.05) is 16.1 Å². The number of rotatable bonds is 4. The molecule has 2 rings (SSSR count). The molecule has 0 aliphatic heterocycles. The van der Waals surface area contributed by atoms with Gasteiger partial charge in [-0.1, -0.05) is 29.8 Å². The Labute approximate surface area is 123 Å². The molecule has 0 radical (unpaired) electrons. The maximum atomic E-state index is 14.1. The van der Waals surface area contributed by atoms with Crippen LogP contribution in [-0.4, -0.2) is 14.2 Å². The minimum Gasteiger partial charge on any atom is -0.496 e. The summed E-state index contributed by atoms with van der Waals surface area (Å²) in [6.45, 7) is 1.99. The Morgan fingerprint density at radius 3 is 2.45 bits per heavy atom. The largest absolute Gasteiger partial charge is 0.496 e. The standard InChI is InChI=1S/C16H17ClFNO/c1-10-4-6-13(15(8-10)20-3)16(19-2)12-7-5-11(17)9-14(12)18/h4-9,16,19H,1-3H3. The summed E-state index contributed by atoms with van der Waals surface area (Å²) in [5.74, 6) is 0.401. The van der Waals surface area contributed by atoms with Gasteiger partial charge < -0.3 is 10.1 Å². The summed E-state index contributed by atoms with van der Waals surface area (Å²) in [4.78, 5) is 0. The molecule has 0 aliphatic rings. The van der Waals surface area contributed by atoms with Crippen molar-refractivity contribution in [2.45, 2.75) is 13.0 Å². The molecule has 0 aliphatic carbocycles. The van der Waals surface area contributed by atoms with Gasteiger partial charge in [0.25, 0.3) is 0 Å². The summed E-state index contributed by atoms with van der Waals surface area (Å²) >= 11 is 5.81. The number of aryl methyl sites for hydroxylation is 1. The van der Waals surface area contributed by atoms with Gasteiger partial charge in [-0.15, -0.1) is 0 Å². The zero-order valence-corrected chi connectivity index (χ0v) is 12.5. The summed E-state index contributed by atoms with van der Waals surface area (Å²) in [6.07, 6.45) is 0. The van der Waals surface area contributed by atoms with Crippen LogP contribution in [0, 0.1) is 12.7 Å². The third kappa shape index (κ3) is 2.94. The molecular weight excluding hydrogens is 277 g/mol. The predicted octanol–water partition coefficient (Wildman–Crippen LogP) is 4.10. The fourth-order valence-corrected chi connectivity index (χ4v) is 2.43. The number of halogens is 2. The summed E-state index contributed by atoms with van der Waals surface area (Å²) in [7, 11) is 3.40. The second-order valence-electron chi connectivity index (χ2n) is 4.63. The van der Waals surface area contributed by atoms with Crippen LogP contribution >= 0.6 is 11.6 Å². The number of ether oxygens (including phenoxy) is 1. The van der Waals surface area contributed by atoms with Crippen LogP contribution in [0.3, 0.4) is 0 Å². The normalized spacial score (nSPS) is 12.2. The molecule has 0 saturated heterocycles. The SMILES string of the molecule is CNC(c1ccc(Cl)cc1F)c1ccc(C)cc1OC. The van der Waals surface area contributed by atoms with Crippen LogP contribution in [0.25, 0.3) is 0 Å². The van der Waals surface area contributed by atoms with Crippen LogP contribution in [0.4, 0.5) is 4.39 Å². The molecule has 0 saturated carbocycles. The molecule has 1 N–H and O–H groups in total. The van der Waals surface area contributed by atoms with Crippen LogP contribution in [0.2, 0.25) is 5.02 Å². The van der Waals surface area contributed by atoms with Gasteiger partial charge in [0.2, 0.25) is 0 Å². The van der Waals surface area contributed by atoms with E-state index in [1.54, 1.807) is 26.3 Å². The third-order valence-electron chi connectivity index (χ3n) is 3.26. The molecule has 1 unspecified atom stereocenters. The molecule has 4 heteroatoms. The Morgan fingerprint density at radius 2 is 1.85 bits per heavy atom. The summed E-state index contributed by atoms with van der Waals surface area (Å²) in [6, 6.07) is 10.3. The van der Waals surface area contributed by atoms with E-state index in [2.05, 4.69) is 5.32 Å². The van der Waals surface area contributed by atoms with Crippen molar-refractivity contribution in [2.24, 2.45) is 0 Å². The number of hydrogen-bond acceptors (Lipinski definition) is 2. The molecule has 106 valence electrons. The molecule has 0 heterocycles. The van der Waals surface area contributed by atoms with Gasteiger partial charge >= 0.3 is 0 Å². The first kappa shape index (κ1) is 14.8. The van der Waals surface area contributed by atoms with Gasteiger partial charge in [0.15, 0.2) is 0 Å². The quantitative estimate of drug-likeness (QED) is 0.916. The first-order chi connectivity index (χ1) is 9.56. The lowest BCUT2D eigenvalue weighted by Gasteiger charge is -2.21. The van der Waals surface area contributed by atoms with Crippen molar-refractivity contribution in [3.05, 3.63) is 63.9 Å². The van der Waals surface area contributed by atoms with Crippen molar-refractivity contribution in [1.29, 1.82) is 0 Å². The number of hydrogen-bond donors (Lipinski definition) is 1. The first-order valence-corrected chi connectivity index (χ1v) is 6.71. The van der Waals surface area contributed by atoms with E-state index < -0.39 is 0 Å². The van der Waals surface area contributed by atoms with E-state index in [-0.39, 0.29) is 11.9 Å². The van der Waals surface area contributed by atoms with Crippen LogP contribution in [-0.2, 0) is 0 Å². The van der Waals surface area contributed by atoms with Crippen LogP contribution in [0.15, 0.2) is 36.4 Å². The Hall–Kier alpha value is -1.58. The van der Waals surface area contributed by atoms with E-state index in [1.807, 2.05) is 25.1 Å². The number of nitrogens with one attached hydrogen (secondary N) is 1. The molecule has 2 aromatic carbocycles. The van der Waals surface area contributed by atoms with E-state index in [0.717, 1.165) is 16.9 Å². The van der Waals surface area contributed by atoms with Gasteiger partial charge in [-0.05, 0) is 37.7 Å². The monoisotopic (exact) mass is 293 g/mol. The molecule has 0 fully saturated rings. The summed E-state index contributed by atoms with van der Waals surface area (Å²) in [5.41, 5.74) is 2.53. The summed E-state index contributed by atoms with van der Waals surface area (Å²) < 4.78 is 19.5. The molecule has 1 atom stereocenters. The van der Waals surface area contributed by atoms with Crippen LogP contribution in [0.1, 0.15) is 22.7 Å². The van der Waals surface area contributed by atoms with E-state index in [9.17, 15) is 4.39 Å². The van der Waals surface area contributed by atoms with Crippen LogP contribution in [0.5, 0.6) is 5.75 Å². The highest BCUT2D eigenvalue weighted by molar-refractivity contribution is 6.30. The Bertz CT molecular complexity index is 615. The van der Waals surface area contributed by atoms with E-state index in [0.29, 0.717) is 10.6 Å². The lowest BCUT2D eigenvalue weighted by molar-refractivity contribution is 0.404. The van der Waals surface area contributed by atoms with Crippen molar-refractivity contribution in [2.75, 3.05) is 14.2 Å². The first-order valence-electron chi connectivity index (χ1n) is 6.33. The fourth-order valence-electron chi connectivity index (χ4n) is 2.27. The molecule has 2 aromatic rings. The van der Waals surface area contributed by atoms with Gasteiger partial charge in [-0.3, -0.25) is 0 Å². The maximum Gasteiger partial charge on any atom is 0.129 e. The molecule has 0 bridgehead atoms. The Morgan fingerprint density at radius 1 is 1.15 bits per heavy atom. The highest BCUT2D eigenvalue weighted by atomic mass is 35.5. The van der Waals surface area contributed by atoms with Gasteiger partial charge in [-0.25, -0.2) is 4.39 Å². The highest BCUT2D eigenvalue weighted by Crippen LogP contribution is 2.32. The zero-order valence-electron chi connectivity index (χ0n) is 11.7. The number of methoxy groups -OCH3 is 1. The van der Waals surface area contributed by atoms with Crippen molar-refractivity contribution in [3.63, 3.8) is 0 Å². The molecule has 2 nitrogen and oxygen atoms in total. The maximum absolute atomic E-state index is 14.1. The lowest BCUT2D eigenvalue weighted by atomic mass is 9.96. The van der Waals surface area contributed by atoms with Gasteiger partial charge in [-0.2, -0.15) is 0 Å². The summed E-state index contributed by atoms with van der Waals surface area (Å²) in [5, 5.41) is 3.51. The number of benzene rings is 2. The van der Waals surface area contributed by atoms with Crippen molar-refractivity contribution < 1.29 is 9.13 Å². The molecular formula is C16H17ClFNO. The second-order valence-corrected chi connectivity index (χ2v) is 5.07. The minimum absolute atomic E-state index is 0.289.